The highest BCUT2D eigenvalue weighted by molar-refractivity contribution is 6.07. The molecule has 0 spiro atoms. The lowest BCUT2D eigenvalue weighted by atomic mass is 9.81. The Morgan fingerprint density at radius 2 is 1.78 bits per heavy atom. The second kappa shape index (κ2) is 7.45. The van der Waals surface area contributed by atoms with Gasteiger partial charge in [-0.2, -0.15) is 15.0 Å². The predicted octanol–water partition coefficient (Wildman–Crippen LogP) is 0.127. The number of aromatic nitrogens is 3. The minimum Gasteiger partial charge on any atom is -0.456 e. The number of nitrogen functional groups attached to an aromatic ring is 1. The smallest absolute Gasteiger partial charge is 0.329 e. The third-order valence-electron chi connectivity index (χ3n) is 5.03. The van der Waals surface area contributed by atoms with Gasteiger partial charge in [0.1, 0.15) is 6.04 Å². The third kappa shape index (κ3) is 3.69. The van der Waals surface area contributed by atoms with Gasteiger partial charge in [0.25, 0.3) is 0 Å². The molecule has 10 heteroatoms. The maximum atomic E-state index is 12.6. The minimum atomic E-state index is -0.983. The fourth-order valence-electron chi connectivity index (χ4n) is 3.62. The zero-order valence-corrected chi connectivity index (χ0v) is 15.7. The topological polar surface area (TPSA) is 132 Å². The normalized spacial score (nSPS) is 23.1. The fourth-order valence-corrected chi connectivity index (χ4v) is 3.62. The van der Waals surface area contributed by atoms with Gasteiger partial charge in [-0.05, 0) is 19.8 Å². The maximum absolute atomic E-state index is 12.6. The van der Waals surface area contributed by atoms with Crippen LogP contribution in [0.3, 0.4) is 0 Å². The summed E-state index contributed by atoms with van der Waals surface area (Å²) in [7, 11) is 3.49. The van der Waals surface area contributed by atoms with Gasteiger partial charge >= 0.3 is 5.97 Å². The Morgan fingerprint density at radius 3 is 2.33 bits per heavy atom. The number of carbonyl (C=O) groups excluding carboxylic acids is 3. The van der Waals surface area contributed by atoms with E-state index >= 15 is 0 Å². The molecule has 2 fully saturated rings. The Balaban J connectivity index is 1.66. The highest BCUT2D eigenvalue weighted by atomic mass is 16.5. The van der Waals surface area contributed by atoms with Crippen molar-refractivity contribution in [3.8, 4) is 0 Å². The molecule has 2 amide bonds. The molecule has 2 heterocycles. The van der Waals surface area contributed by atoms with Gasteiger partial charge in [-0.1, -0.05) is 12.8 Å². The first-order valence-corrected chi connectivity index (χ1v) is 9.01. The Morgan fingerprint density at radius 1 is 1.19 bits per heavy atom. The second-order valence-corrected chi connectivity index (χ2v) is 7.13. The van der Waals surface area contributed by atoms with Gasteiger partial charge in [-0.25, -0.2) is 4.79 Å². The summed E-state index contributed by atoms with van der Waals surface area (Å²) in [5, 5.41) is 0. The van der Waals surface area contributed by atoms with Gasteiger partial charge < -0.3 is 15.4 Å². The number of rotatable bonds is 5. The molecule has 1 aromatic rings. The number of hydrogen-bond donors (Lipinski definition) is 1. The van der Waals surface area contributed by atoms with Crippen molar-refractivity contribution in [1.29, 1.82) is 0 Å². The van der Waals surface area contributed by atoms with Crippen molar-refractivity contribution in [3.63, 3.8) is 0 Å². The Hall–Kier alpha value is -2.78. The Bertz CT molecular complexity index is 744. The van der Waals surface area contributed by atoms with Crippen LogP contribution in [0.15, 0.2) is 0 Å². The van der Waals surface area contributed by atoms with E-state index in [-0.39, 0.29) is 42.0 Å². The van der Waals surface area contributed by atoms with E-state index in [1.807, 2.05) is 0 Å². The van der Waals surface area contributed by atoms with Crippen molar-refractivity contribution in [2.45, 2.75) is 45.3 Å². The largest absolute Gasteiger partial charge is 0.456 e. The summed E-state index contributed by atoms with van der Waals surface area (Å²) in [6.07, 6.45) is 3.26. The lowest BCUT2D eigenvalue weighted by Gasteiger charge is -2.21. The fraction of sp³-hybridized carbons (Fsp3) is 0.647. The number of carbonyl (C=O) groups is 3. The number of nitrogens with zero attached hydrogens (tertiary/aromatic N) is 5. The van der Waals surface area contributed by atoms with E-state index in [2.05, 4.69) is 15.0 Å². The summed E-state index contributed by atoms with van der Waals surface area (Å²) in [5.74, 6) is -1.26. The van der Waals surface area contributed by atoms with Gasteiger partial charge in [0.05, 0.1) is 11.8 Å². The van der Waals surface area contributed by atoms with Crippen LogP contribution in [0.2, 0.25) is 0 Å². The van der Waals surface area contributed by atoms with Crippen LogP contribution in [0, 0.1) is 11.8 Å². The number of ether oxygens (including phenoxy) is 1. The highest BCUT2D eigenvalue weighted by Gasteiger charge is 2.51. The summed E-state index contributed by atoms with van der Waals surface area (Å²) in [6.45, 7) is 1.28. The van der Waals surface area contributed by atoms with E-state index in [4.69, 9.17) is 10.5 Å². The lowest BCUT2D eigenvalue weighted by Crippen LogP contribution is -2.44. The predicted molar refractivity (Wildman–Crippen MR) is 95.1 cm³/mol. The van der Waals surface area contributed by atoms with Crippen molar-refractivity contribution in [2.24, 2.45) is 11.8 Å². The molecular weight excluding hydrogens is 352 g/mol. The number of amides is 2. The monoisotopic (exact) mass is 376 g/mol. The molecule has 146 valence electrons. The molecule has 1 aromatic heterocycles. The van der Waals surface area contributed by atoms with Crippen LogP contribution in [0.4, 0.5) is 11.9 Å². The number of nitrogens with two attached hydrogens (primary N) is 1. The van der Waals surface area contributed by atoms with Gasteiger partial charge in [0, 0.05) is 14.1 Å². The first-order chi connectivity index (χ1) is 12.8. The van der Waals surface area contributed by atoms with E-state index in [0.717, 1.165) is 17.7 Å². The van der Waals surface area contributed by atoms with Crippen LogP contribution in [-0.2, 0) is 25.7 Å². The Kier molecular flexibility index (Phi) is 5.24. The zero-order valence-electron chi connectivity index (χ0n) is 15.7. The average Bonchev–Trinajstić information content (AvgIpc) is 2.89. The molecule has 0 unspecified atom stereocenters. The van der Waals surface area contributed by atoms with Gasteiger partial charge in [-0.15, -0.1) is 0 Å². The quantitative estimate of drug-likeness (QED) is 0.562. The molecule has 10 nitrogen and oxygen atoms in total. The van der Waals surface area contributed by atoms with E-state index < -0.39 is 12.0 Å². The molecule has 27 heavy (non-hydrogen) atoms. The van der Waals surface area contributed by atoms with Crippen molar-refractivity contribution >= 4 is 29.7 Å². The molecule has 2 N–H and O–H groups in total. The second-order valence-electron chi connectivity index (χ2n) is 7.13. The minimum absolute atomic E-state index is 0.0155. The van der Waals surface area contributed by atoms with Crippen LogP contribution < -0.4 is 10.6 Å². The van der Waals surface area contributed by atoms with E-state index in [1.165, 1.54) is 6.92 Å². The highest BCUT2D eigenvalue weighted by Crippen LogP contribution is 2.38. The number of anilines is 2. The van der Waals surface area contributed by atoms with Crippen molar-refractivity contribution in [1.82, 2.24) is 19.9 Å². The van der Waals surface area contributed by atoms with E-state index in [9.17, 15) is 14.4 Å². The summed E-state index contributed by atoms with van der Waals surface area (Å²) in [4.78, 5) is 52.3. The molecule has 3 atom stereocenters. The SMILES string of the molecule is C[C@@H](C(=O)OCc1nc(N)nc(N(C)C)n1)N1C(=O)[C@@H]2CCCC[C@H]2C1=O. The van der Waals surface area contributed by atoms with Gasteiger partial charge in [0.15, 0.2) is 12.4 Å². The Labute approximate surface area is 157 Å². The molecule has 2 aliphatic rings. The van der Waals surface area contributed by atoms with Crippen LogP contribution in [0.25, 0.3) is 0 Å². The molecule has 1 aliphatic carbocycles. The molecule has 1 saturated heterocycles. The summed E-state index contributed by atoms with van der Waals surface area (Å²) in [5.41, 5.74) is 5.64. The summed E-state index contributed by atoms with van der Waals surface area (Å²) >= 11 is 0. The van der Waals surface area contributed by atoms with Crippen LogP contribution >= 0.6 is 0 Å². The number of likely N-dealkylation sites (tertiary alicyclic amines) is 1. The van der Waals surface area contributed by atoms with Crippen molar-refractivity contribution in [3.05, 3.63) is 5.82 Å². The zero-order chi connectivity index (χ0) is 19.7. The molecule has 1 aliphatic heterocycles. The number of fused-ring (bicyclic) bond motifs is 1. The summed E-state index contributed by atoms with van der Waals surface area (Å²) < 4.78 is 5.23. The number of hydrogen-bond acceptors (Lipinski definition) is 9. The van der Waals surface area contributed by atoms with E-state index in [0.29, 0.717) is 18.8 Å². The molecule has 0 aromatic carbocycles. The number of esters is 1. The first kappa shape index (κ1) is 19.0. The molecule has 1 saturated carbocycles. The molecule has 0 radical (unpaired) electrons. The average molecular weight is 376 g/mol. The lowest BCUT2D eigenvalue weighted by molar-refractivity contribution is -0.159. The third-order valence-corrected chi connectivity index (χ3v) is 5.03. The molecule has 0 bridgehead atoms. The van der Waals surface area contributed by atoms with Crippen LogP contribution in [0.5, 0.6) is 0 Å². The first-order valence-electron chi connectivity index (χ1n) is 9.01. The van der Waals surface area contributed by atoms with Gasteiger partial charge in [-0.3, -0.25) is 14.5 Å². The summed E-state index contributed by atoms with van der Waals surface area (Å²) in [6, 6.07) is -0.983. The van der Waals surface area contributed by atoms with Crippen molar-refractivity contribution in [2.75, 3.05) is 24.7 Å². The van der Waals surface area contributed by atoms with E-state index in [1.54, 1.807) is 19.0 Å². The molecular formula is C17H24N6O4. The van der Waals surface area contributed by atoms with Crippen LogP contribution in [0.1, 0.15) is 38.4 Å². The van der Waals surface area contributed by atoms with Crippen LogP contribution in [-0.4, -0.2) is 57.8 Å². The number of imide groups is 1. The molecule has 3 rings (SSSR count). The van der Waals surface area contributed by atoms with Gasteiger partial charge in [0.2, 0.25) is 23.7 Å². The van der Waals surface area contributed by atoms with Crippen molar-refractivity contribution < 1.29 is 19.1 Å². The maximum Gasteiger partial charge on any atom is 0.329 e. The standard InChI is InChI=1S/C17H24N6O4/c1-9(23-13(24)10-6-4-5-7-11(10)14(23)25)15(26)27-8-12-19-16(18)21-17(20-12)22(2)3/h9-11H,4-8H2,1-3H3,(H2,18,19,20,21)/t9-,10+,11+/m0/s1.